The molecule has 4 rings (SSSR count). The molecule has 0 unspecified atom stereocenters. The number of anilines is 1. The topological polar surface area (TPSA) is 51.5 Å². The maximum Gasteiger partial charge on any atom is 0.236 e. The third-order valence-corrected chi connectivity index (χ3v) is 5.21. The van der Waals surface area contributed by atoms with Gasteiger partial charge in [0.05, 0.1) is 12.0 Å². The summed E-state index contributed by atoms with van der Waals surface area (Å²) in [6, 6.07) is 11.9. The summed E-state index contributed by atoms with van der Waals surface area (Å²) in [6.45, 7) is 2.60. The zero-order valence-corrected chi connectivity index (χ0v) is 15.9. The van der Waals surface area contributed by atoms with Crippen molar-refractivity contribution in [2.45, 2.75) is 13.5 Å². The van der Waals surface area contributed by atoms with Gasteiger partial charge in [0.15, 0.2) is 0 Å². The Kier molecular flexibility index (Phi) is 4.53. The van der Waals surface area contributed by atoms with Gasteiger partial charge in [-0.2, -0.15) is 0 Å². The minimum absolute atomic E-state index is 0.648. The van der Waals surface area contributed by atoms with Crippen molar-refractivity contribution in [3.8, 4) is 28.7 Å². The number of aryl methyl sites for hydroxylation is 1. The molecule has 1 N–H and O–H groups in total. The van der Waals surface area contributed by atoms with Crippen LogP contribution in [0, 0.1) is 19.3 Å². The average molecular weight is 374 g/mol. The summed E-state index contributed by atoms with van der Waals surface area (Å²) in [4.78, 5) is 10.3. The molecule has 0 aliphatic heterocycles. The molecule has 134 valence electrons. The Hall–Kier alpha value is -3.30. The Balaban J connectivity index is 1.75. The van der Waals surface area contributed by atoms with E-state index in [1.807, 2.05) is 59.3 Å². The molecule has 3 aromatic heterocycles. The van der Waals surface area contributed by atoms with E-state index in [1.165, 1.54) is 0 Å². The van der Waals surface area contributed by atoms with Gasteiger partial charge in [0.25, 0.3) is 0 Å². The summed E-state index contributed by atoms with van der Waals surface area (Å²) >= 11 is 1.58. The summed E-state index contributed by atoms with van der Waals surface area (Å²) in [5.41, 5.74) is 3.72. The smallest absolute Gasteiger partial charge is 0.236 e. The van der Waals surface area contributed by atoms with Gasteiger partial charge in [0, 0.05) is 24.0 Å². The molecule has 0 aliphatic carbocycles. The molecular formula is C21H18N4OS. The standard InChI is InChI=1S/C21H18N4OS/c1-4-16-10-12-27-19(16)18-20(25-11-9-14(2)23-21(25)24-18)22-13-15-5-7-17(26-3)8-6-15/h1,5-12,22H,13H2,2-3H3. The first-order valence-electron chi connectivity index (χ1n) is 8.46. The molecule has 5 nitrogen and oxygen atoms in total. The van der Waals surface area contributed by atoms with E-state index in [-0.39, 0.29) is 0 Å². The minimum Gasteiger partial charge on any atom is -0.497 e. The molecular weight excluding hydrogens is 356 g/mol. The Bertz CT molecular complexity index is 1140. The number of methoxy groups -OCH3 is 1. The van der Waals surface area contributed by atoms with Gasteiger partial charge in [-0.3, -0.25) is 4.40 Å². The van der Waals surface area contributed by atoms with Crippen LogP contribution in [0.5, 0.6) is 5.75 Å². The predicted octanol–water partition coefficient (Wildman–Crippen LogP) is 4.37. The van der Waals surface area contributed by atoms with E-state index in [4.69, 9.17) is 16.1 Å². The number of benzene rings is 1. The molecule has 1 aromatic carbocycles. The van der Waals surface area contributed by atoms with Crippen molar-refractivity contribution in [2.75, 3.05) is 12.4 Å². The molecule has 6 heteroatoms. The van der Waals surface area contributed by atoms with E-state index in [2.05, 4.69) is 16.2 Å². The van der Waals surface area contributed by atoms with Crippen molar-refractivity contribution in [3.05, 3.63) is 64.8 Å². The van der Waals surface area contributed by atoms with Crippen LogP contribution in [0.4, 0.5) is 5.82 Å². The third kappa shape index (κ3) is 3.25. The summed E-state index contributed by atoms with van der Waals surface area (Å²) < 4.78 is 7.19. The molecule has 0 saturated carbocycles. The molecule has 3 heterocycles. The highest BCUT2D eigenvalue weighted by Crippen LogP contribution is 2.34. The number of fused-ring (bicyclic) bond motifs is 1. The maximum atomic E-state index is 5.67. The maximum absolute atomic E-state index is 5.67. The summed E-state index contributed by atoms with van der Waals surface area (Å²) in [7, 11) is 1.66. The largest absolute Gasteiger partial charge is 0.497 e. The first kappa shape index (κ1) is 17.1. The molecule has 0 bridgehead atoms. The van der Waals surface area contributed by atoms with E-state index >= 15 is 0 Å². The predicted molar refractivity (Wildman–Crippen MR) is 109 cm³/mol. The van der Waals surface area contributed by atoms with Gasteiger partial charge in [-0.25, -0.2) is 9.97 Å². The molecule has 0 saturated heterocycles. The lowest BCUT2D eigenvalue weighted by molar-refractivity contribution is 0.414. The van der Waals surface area contributed by atoms with Crippen LogP contribution < -0.4 is 10.1 Å². The Labute approximate surface area is 161 Å². The fourth-order valence-electron chi connectivity index (χ4n) is 2.88. The van der Waals surface area contributed by atoms with Gasteiger partial charge in [0.1, 0.15) is 17.3 Å². The lowest BCUT2D eigenvalue weighted by Crippen LogP contribution is -2.04. The number of terminal acetylenes is 1. The molecule has 27 heavy (non-hydrogen) atoms. The van der Waals surface area contributed by atoms with Gasteiger partial charge in [0.2, 0.25) is 5.78 Å². The summed E-state index contributed by atoms with van der Waals surface area (Å²) in [6.07, 6.45) is 7.65. The normalized spacial score (nSPS) is 10.7. The third-order valence-electron chi connectivity index (χ3n) is 4.29. The summed E-state index contributed by atoms with van der Waals surface area (Å²) in [5, 5.41) is 5.49. The second kappa shape index (κ2) is 7.14. The fraction of sp³-hybridized carbons (Fsp3) is 0.143. The number of ether oxygens (including phenoxy) is 1. The Morgan fingerprint density at radius 2 is 2.00 bits per heavy atom. The van der Waals surface area contributed by atoms with Crippen molar-refractivity contribution in [2.24, 2.45) is 0 Å². The fourth-order valence-corrected chi connectivity index (χ4v) is 3.73. The number of hydrogen-bond donors (Lipinski definition) is 1. The van der Waals surface area contributed by atoms with Crippen molar-refractivity contribution >= 4 is 22.9 Å². The number of hydrogen-bond acceptors (Lipinski definition) is 5. The molecule has 0 amide bonds. The van der Waals surface area contributed by atoms with E-state index in [0.717, 1.165) is 39.0 Å². The van der Waals surface area contributed by atoms with Crippen LogP contribution in [0.15, 0.2) is 48.0 Å². The first-order valence-corrected chi connectivity index (χ1v) is 9.34. The molecule has 0 atom stereocenters. The van der Waals surface area contributed by atoms with Crippen LogP contribution in [0.1, 0.15) is 16.8 Å². The van der Waals surface area contributed by atoms with Gasteiger partial charge >= 0.3 is 0 Å². The highest BCUT2D eigenvalue weighted by atomic mass is 32.1. The quantitative estimate of drug-likeness (QED) is 0.527. The summed E-state index contributed by atoms with van der Waals surface area (Å²) in [5.74, 6) is 5.11. The monoisotopic (exact) mass is 374 g/mol. The van der Waals surface area contributed by atoms with Gasteiger partial charge in [-0.15, -0.1) is 17.8 Å². The minimum atomic E-state index is 0.648. The SMILES string of the molecule is C#Cc1ccsc1-c1nc2nc(C)ccn2c1NCc1ccc(OC)cc1. The zero-order valence-electron chi connectivity index (χ0n) is 15.1. The number of aromatic nitrogens is 3. The number of thiophene rings is 1. The van der Waals surface area contributed by atoms with Crippen LogP contribution in [-0.2, 0) is 6.54 Å². The van der Waals surface area contributed by atoms with E-state index < -0.39 is 0 Å². The van der Waals surface area contributed by atoms with Crippen LogP contribution in [0.2, 0.25) is 0 Å². The van der Waals surface area contributed by atoms with Crippen LogP contribution in [0.25, 0.3) is 16.3 Å². The molecule has 0 aliphatic rings. The molecule has 0 spiro atoms. The average Bonchev–Trinajstić information content (AvgIpc) is 3.30. The van der Waals surface area contributed by atoms with Crippen molar-refractivity contribution in [1.29, 1.82) is 0 Å². The van der Waals surface area contributed by atoms with E-state index in [9.17, 15) is 0 Å². The lowest BCUT2D eigenvalue weighted by atomic mass is 10.2. The Morgan fingerprint density at radius 1 is 1.19 bits per heavy atom. The second-order valence-corrected chi connectivity index (χ2v) is 6.97. The van der Waals surface area contributed by atoms with Gasteiger partial charge in [-0.1, -0.05) is 18.1 Å². The highest BCUT2D eigenvalue weighted by molar-refractivity contribution is 7.13. The molecule has 0 fully saturated rings. The van der Waals surface area contributed by atoms with Crippen LogP contribution in [-0.4, -0.2) is 21.5 Å². The van der Waals surface area contributed by atoms with E-state index in [0.29, 0.717) is 12.3 Å². The van der Waals surface area contributed by atoms with Crippen LogP contribution >= 0.6 is 11.3 Å². The number of imidazole rings is 1. The number of nitrogens with zero attached hydrogens (tertiary/aromatic N) is 3. The van der Waals surface area contributed by atoms with Crippen molar-refractivity contribution in [3.63, 3.8) is 0 Å². The second-order valence-electron chi connectivity index (χ2n) is 6.06. The van der Waals surface area contributed by atoms with E-state index in [1.54, 1.807) is 18.4 Å². The molecule has 4 aromatic rings. The molecule has 0 radical (unpaired) electrons. The number of nitrogens with one attached hydrogen (secondary N) is 1. The number of rotatable bonds is 5. The van der Waals surface area contributed by atoms with Gasteiger partial charge in [-0.05, 0) is 42.1 Å². The Morgan fingerprint density at radius 3 is 2.74 bits per heavy atom. The van der Waals surface area contributed by atoms with Crippen molar-refractivity contribution in [1.82, 2.24) is 14.4 Å². The first-order chi connectivity index (χ1) is 13.2. The van der Waals surface area contributed by atoms with Crippen molar-refractivity contribution < 1.29 is 4.74 Å². The lowest BCUT2D eigenvalue weighted by Gasteiger charge is -2.09. The van der Waals surface area contributed by atoms with Crippen LogP contribution in [0.3, 0.4) is 0 Å². The highest BCUT2D eigenvalue weighted by Gasteiger charge is 2.18. The zero-order chi connectivity index (χ0) is 18.8. The van der Waals surface area contributed by atoms with Gasteiger partial charge < -0.3 is 10.1 Å².